The van der Waals surface area contributed by atoms with Gasteiger partial charge in [-0.15, -0.1) is 0 Å². The molecule has 0 amide bonds. The molecule has 0 aliphatic heterocycles. The Hall–Kier alpha value is -1.80. The van der Waals surface area contributed by atoms with E-state index in [2.05, 4.69) is 4.72 Å². The van der Waals surface area contributed by atoms with Crippen LogP contribution in [0, 0.1) is 0 Å². The molecule has 1 heterocycles. The summed E-state index contributed by atoms with van der Waals surface area (Å²) in [6, 6.07) is 4.66. The third-order valence-electron chi connectivity index (χ3n) is 2.97. The van der Waals surface area contributed by atoms with E-state index in [4.69, 9.17) is 4.42 Å². The Morgan fingerprint density at radius 1 is 1.18 bits per heavy atom. The smallest absolute Gasteiger partial charge is 0.416 e. The van der Waals surface area contributed by atoms with Crippen LogP contribution in [0.4, 0.5) is 13.2 Å². The third kappa shape index (κ3) is 4.11. The number of hydrogen-bond donors (Lipinski definition) is 1. The monoisotopic (exact) mass is 333 g/mol. The first-order valence-corrected chi connectivity index (χ1v) is 7.87. The van der Waals surface area contributed by atoms with Crippen LogP contribution in [0.3, 0.4) is 0 Å². The maximum Gasteiger partial charge on any atom is 0.416 e. The summed E-state index contributed by atoms with van der Waals surface area (Å²) in [5, 5.41) is 0. The average Bonchev–Trinajstić information content (AvgIpc) is 2.90. The molecule has 1 N–H and O–H groups in total. The van der Waals surface area contributed by atoms with Gasteiger partial charge in [0.2, 0.25) is 10.0 Å². The molecule has 8 heteroatoms. The standard InChI is InChI=1S/C14H14F3NO3S/c1-10(8-11-6-7-21-9-11)18-22(19,20)13-4-2-12(3-5-13)14(15,16)17/h2-7,9-10,18H,8H2,1H3/t10-/m0/s1. The minimum atomic E-state index is -4.50. The summed E-state index contributed by atoms with van der Waals surface area (Å²) in [5.74, 6) is 0. The van der Waals surface area contributed by atoms with E-state index in [-0.39, 0.29) is 4.90 Å². The first kappa shape index (κ1) is 16.6. The molecule has 0 spiro atoms. The van der Waals surface area contributed by atoms with Crippen molar-refractivity contribution in [3.63, 3.8) is 0 Å². The highest BCUT2D eigenvalue weighted by atomic mass is 32.2. The molecule has 0 aliphatic carbocycles. The summed E-state index contributed by atoms with van der Waals surface area (Å²) in [6.45, 7) is 1.66. The quantitative estimate of drug-likeness (QED) is 0.914. The SMILES string of the molecule is C[C@@H](Cc1ccoc1)NS(=O)(=O)c1ccc(C(F)(F)F)cc1. The number of halogens is 3. The van der Waals surface area contributed by atoms with Crippen LogP contribution < -0.4 is 4.72 Å². The van der Waals surface area contributed by atoms with Gasteiger partial charge in [-0.1, -0.05) is 0 Å². The molecule has 0 fully saturated rings. The molecule has 2 aromatic rings. The molecule has 22 heavy (non-hydrogen) atoms. The molecule has 0 saturated carbocycles. The van der Waals surface area contributed by atoms with Gasteiger partial charge in [-0.2, -0.15) is 13.2 Å². The Morgan fingerprint density at radius 2 is 1.82 bits per heavy atom. The molecule has 2 rings (SSSR count). The zero-order valence-electron chi connectivity index (χ0n) is 11.6. The van der Waals surface area contributed by atoms with Gasteiger partial charge in [0.15, 0.2) is 0 Å². The van der Waals surface area contributed by atoms with Crippen molar-refractivity contribution in [2.24, 2.45) is 0 Å². The second-order valence-electron chi connectivity index (χ2n) is 4.88. The van der Waals surface area contributed by atoms with Crippen LogP contribution in [0.1, 0.15) is 18.1 Å². The maximum absolute atomic E-state index is 12.5. The van der Waals surface area contributed by atoms with Gasteiger partial charge in [0.1, 0.15) is 0 Å². The molecule has 0 bridgehead atoms. The predicted octanol–water partition coefficient (Wildman–Crippen LogP) is 3.21. The van der Waals surface area contributed by atoms with E-state index >= 15 is 0 Å². The number of rotatable bonds is 5. The van der Waals surface area contributed by atoms with E-state index in [0.29, 0.717) is 6.42 Å². The van der Waals surface area contributed by atoms with Crippen LogP contribution in [-0.4, -0.2) is 14.5 Å². The Labute approximate surface area is 126 Å². The molecule has 4 nitrogen and oxygen atoms in total. The van der Waals surface area contributed by atoms with Crippen molar-refractivity contribution in [3.8, 4) is 0 Å². The fourth-order valence-corrected chi connectivity index (χ4v) is 3.20. The number of sulfonamides is 1. The lowest BCUT2D eigenvalue weighted by atomic mass is 10.1. The molecule has 1 aromatic carbocycles. The van der Waals surface area contributed by atoms with Crippen molar-refractivity contribution in [1.82, 2.24) is 4.72 Å². The van der Waals surface area contributed by atoms with Gasteiger partial charge in [-0.3, -0.25) is 0 Å². The summed E-state index contributed by atoms with van der Waals surface area (Å²) in [6.07, 6.45) is -1.10. The van der Waals surface area contributed by atoms with Gasteiger partial charge in [0.25, 0.3) is 0 Å². The van der Waals surface area contributed by atoms with Gasteiger partial charge in [-0.05, 0) is 49.2 Å². The summed E-state index contributed by atoms with van der Waals surface area (Å²) in [7, 11) is -3.87. The van der Waals surface area contributed by atoms with Gasteiger partial charge < -0.3 is 4.42 Å². The number of hydrogen-bond acceptors (Lipinski definition) is 3. The van der Waals surface area contributed by atoms with Crippen molar-refractivity contribution in [2.45, 2.75) is 30.5 Å². The van der Waals surface area contributed by atoms with Crippen molar-refractivity contribution < 1.29 is 26.0 Å². The first-order chi connectivity index (χ1) is 10.2. The molecule has 120 valence electrons. The molecular formula is C14H14F3NO3S. The molecule has 0 unspecified atom stereocenters. The van der Waals surface area contributed by atoms with Crippen LogP contribution in [0.2, 0.25) is 0 Å². The van der Waals surface area contributed by atoms with E-state index in [1.54, 1.807) is 13.0 Å². The van der Waals surface area contributed by atoms with Crippen molar-refractivity contribution in [2.75, 3.05) is 0 Å². The van der Waals surface area contributed by atoms with Crippen LogP contribution >= 0.6 is 0 Å². The van der Waals surface area contributed by atoms with Crippen LogP contribution in [0.15, 0.2) is 52.2 Å². The summed E-state index contributed by atoms with van der Waals surface area (Å²) in [4.78, 5) is -0.209. The summed E-state index contributed by atoms with van der Waals surface area (Å²) >= 11 is 0. The minimum absolute atomic E-state index is 0.209. The van der Waals surface area contributed by atoms with Crippen molar-refractivity contribution in [1.29, 1.82) is 0 Å². The Balaban J connectivity index is 2.09. The van der Waals surface area contributed by atoms with E-state index in [9.17, 15) is 21.6 Å². The topological polar surface area (TPSA) is 59.3 Å². The third-order valence-corrected chi connectivity index (χ3v) is 4.58. The Bertz CT molecular complexity index is 707. The minimum Gasteiger partial charge on any atom is -0.472 e. The van der Waals surface area contributed by atoms with Crippen LogP contribution in [0.5, 0.6) is 0 Å². The first-order valence-electron chi connectivity index (χ1n) is 6.39. The lowest BCUT2D eigenvalue weighted by Crippen LogP contribution is -2.34. The average molecular weight is 333 g/mol. The van der Waals surface area contributed by atoms with Gasteiger partial charge in [0, 0.05) is 6.04 Å². The zero-order chi connectivity index (χ0) is 16.4. The second-order valence-corrected chi connectivity index (χ2v) is 6.59. The van der Waals surface area contributed by atoms with Crippen LogP contribution in [-0.2, 0) is 22.6 Å². The Kier molecular flexibility index (Phi) is 4.62. The fourth-order valence-electron chi connectivity index (χ4n) is 1.96. The predicted molar refractivity (Wildman–Crippen MR) is 73.6 cm³/mol. The molecule has 1 atom stereocenters. The highest BCUT2D eigenvalue weighted by molar-refractivity contribution is 7.89. The fraction of sp³-hybridized carbons (Fsp3) is 0.286. The van der Waals surface area contributed by atoms with Gasteiger partial charge in [0.05, 0.1) is 23.0 Å². The maximum atomic E-state index is 12.5. The van der Waals surface area contributed by atoms with Crippen LogP contribution in [0.25, 0.3) is 0 Å². The van der Waals surface area contributed by atoms with E-state index in [0.717, 1.165) is 29.8 Å². The lowest BCUT2D eigenvalue weighted by molar-refractivity contribution is -0.137. The van der Waals surface area contributed by atoms with Crippen molar-refractivity contribution >= 4 is 10.0 Å². The molecular weight excluding hydrogens is 319 g/mol. The largest absolute Gasteiger partial charge is 0.472 e. The normalized spacial score (nSPS) is 14.0. The number of alkyl halides is 3. The molecule has 1 aromatic heterocycles. The van der Waals surface area contributed by atoms with E-state index < -0.39 is 27.8 Å². The number of benzene rings is 1. The summed E-state index contributed by atoms with van der Waals surface area (Å²) in [5.41, 5.74) is -0.0690. The lowest BCUT2D eigenvalue weighted by Gasteiger charge is -2.14. The number of nitrogens with one attached hydrogen (secondary N) is 1. The molecule has 0 radical (unpaired) electrons. The van der Waals surface area contributed by atoms with Gasteiger partial charge in [-0.25, -0.2) is 13.1 Å². The number of furan rings is 1. The molecule has 0 saturated heterocycles. The highest BCUT2D eigenvalue weighted by Crippen LogP contribution is 2.29. The molecule has 0 aliphatic rings. The van der Waals surface area contributed by atoms with Crippen molar-refractivity contribution in [3.05, 3.63) is 54.0 Å². The van der Waals surface area contributed by atoms with Gasteiger partial charge >= 0.3 is 6.18 Å². The van der Waals surface area contributed by atoms with E-state index in [1.165, 1.54) is 12.5 Å². The second kappa shape index (κ2) is 6.13. The zero-order valence-corrected chi connectivity index (χ0v) is 12.4. The van der Waals surface area contributed by atoms with E-state index in [1.807, 2.05) is 0 Å². The summed E-state index contributed by atoms with van der Waals surface area (Å²) < 4.78 is 68.9. The highest BCUT2D eigenvalue weighted by Gasteiger charge is 2.30. The Morgan fingerprint density at radius 3 is 2.32 bits per heavy atom.